The molecule has 7 nitrogen and oxygen atoms in total. The third kappa shape index (κ3) is 5.35. The fraction of sp³-hybridized carbons (Fsp3) is 0.214. The van der Waals surface area contributed by atoms with Gasteiger partial charge in [0.15, 0.2) is 11.5 Å². The number of benzene rings is 1. The highest BCUT2D eigenvalue weighted by Crippen LogP contribution is 2.25. The second-order valence-electron chi connectivity index (χ2n) is 4.25. The second-order valence-corrected chi connectivity index (χ2v) is 4.25. The number of carboxylic acids is 1. The molecule has 1 aromatic rings. The Labute approximate surface area is 120 Å². The van der Waals surface area contributed by atoms with Crippen molar-refractivity contribution < 1.29 is 34.4 Å². The number of phenolic OH excluding ortho intramolecular Hbond substituents is 2. The van der Waals surface area contributed by atoms with Crippen molar-refractivity contribution in [3.63, 3.8) is 0 Å². The molecule has 112 valence electrons. The zero-order valence-electron chi connectivity index (χ0n) is 11.0. The summed E-state index contributed by atoms with van der Waals surface area (Å²) in [5, 5.41) is 26.9. The Bertz CT molecular complexity index is 589. The zero-order chi connectivity index (χ0) is 16.0. The Hall–Kier alpha value is -2.83. The van der Waals surface area contributed by atoms with Crippen LogP contribution in [0.2, 0.25) is 0 Å². The van der Waals surface area contributed by atoms with Crippen LogP contribution in [0.15, 0.2) is 30.4 Å². The summed E-state index contributed by atoms with van der Waals surface area (Å²) in [6.07, 6.45) is -0.504. The van der Waals surface area contributed by atoms with Crippen LogP contribution in [0, 0.1) is 0 Å². The summed E-state index contributed by atoms with van der Waals surface area (Å²) < 4.78 is 4.43. The first kappa shape index (κ1) is 16.2. The maximum absolute atomic E-state index is 11.4. The van der Waals surface area contributed by atoms with Crippen LogP contribution in [0.25, 0.3) is 0 Å². The molecule has 1 rings (SSSR count). The number of esters is 2. The van der Waals surface area contributed by atoms with Gasteiger partial charge in [0.25, 0.3) is 0 Å². The first-order valence-corrected chi connectivity index (χ1v) is 5.95. The van der Waals surface area contributed by atoms with Gasteiger partial charge in [-0.3, -0.25) is 9.59 Å². The van der Waals surface area contributed by atoms with Gasteiger partial charge < -0.3 is 20.1 Å². The number of ether oxygens (including phenoxy) is 1. The number of rotatable bonds is 6. The van der Waals surface area contributed by atoms with Crippen molar-refractivity contribution in [2.75, 3.05) is 0 Å². The normalized spacial score (nSPS) is 9.90. The predicted octanol–water partition coefficient (Wildman–Crippen LogP) is 1.13. The molecule has 0 fully saturated rings. The van der Waals surface area contributed by atoms with E-state index in [1.165, 1.54) is 18.2 Å². The van der Waals surface area contributed by atoms with Crippen LogP contribution >= 0.6 is 0 Å². The topological polar surface area (TPSA) is 121 Å². The molecule has 0 aliphatic heterocycles. The molecule has 0 saturated carbocycles. The molecule has 3 N–H and O–H groups in total. The Morgan fingerprint density at radius 3 is 2.33 bits per heavy atom. The van der Waals surface area contributed by atoms with Gasteiger partial charge in [-0.2, -0.15) is 0 Å². The minimum Gasteiger partial charge on any atom is -0.504 e. The van der Waals surface area contributed by atoms with Gasteiger partial charge in [-0.15, -0.1) is 0 Å². The number of aliphatic carboxylic acids is 1. The first-order valence-electron chi connectivity index (χ1n) is 5.95. The summed E-state index contributed by atoms with van der Waals surface area (Å²) >= 11 is 0. The van der Waals surface area contributed by atoms with Gasteiger partial charge in [-0.05, 0) is 24.1 Å². The fourth-order valence-corrected chi connectivity index (χ4v) is 1.43. The quantitative estimate of drug-likeness (QED) is 0.311. The third-order valence-electron chi connectivity index (χ3n) is 2.55. The van der Waals surface area contributed by atoms with Crippen molar-refractivity contribution in [2.45, 2.75) is 19.3 Å². The minimum atomic E-state index is -1.33. The number of aromatic hydroxyl groups is 2. The Kier molecular flexibility index (Phi) is 5.48. The van der Waals surface area contributed by atoms with E-state index in [1.807, 2.05) is 0 Å². The van der Waals surface area contributed by atoms with E-state index in [9.17, 15) is 19.5 Å². The molecule has 1 aromatic carbocycles. The highest BCUT2D eigenvalue weighted by Gasteiger charge is 2.15. The molecule has 7 heteroatoms. The van der Waals surface area contributed by atoms with Crippen molar-refractivity contribution in [1.82, 2.24) is 0 Å². The van der Waals surface area contributed by atoms with Crippen molar-refractivity contribution in [2.24, 2.45) is 0 Å². The third-order valence-corrected chi connectivity index (χ3v) is 2.55. The van der Waals surface area contributed by atoms with E-state index in [1.54, 1.807) is 0 Å². The number of hydrogen-bond donors (Lipinski definition) is 3. The van der Waals surface area contributed by atoms with E-state index in [0.717, 1.165) is 0 Å². The highest BCUT2D eigenvalue weighted by atomic mass is 16.6. The fourth-order valence-electron chi connectivity index (χ4n) is 1.43. The largest absolute Gasteiger partial charge is 0.504 e. The summed E-state index contributed by atoms with van der Waals surface area (Å²) in [5.74, 6) is -3.72. The monoisotopic (exact) mass is 294 g/mol. The molecular weight excluding hydrogens is 280 g/mol. The van der Waals surface area contributed by atoms with Crippen molar-refractivity contribution in [3.05, 3.63) is 35.9 Å². The number of hydrogen-bond acceptors (Lipinski definition) is 6. The lowest BCUT2D eigenvalue weighted by Gasteiger charge is -2.04. The van der Waals surface area contributed by atoms with E-state index < -0.39 is 24.3 Å². The smallest absolute Gasteiger partial charge is 0.331 e. The van der Waals surface area contributed by atoms with Gasteiger partial charge in [0.1, 0.15) is 0 Å². The molecule has 21 heavy (non-hydrogen) atoms. The van der Waals surface area contributed by atoms with Gasteiger partial charge in [0.05, 0.1) is 12.8 Å². The van der Waals surface area contributed by atoms with Gasteiger partial charge in [0, 0.05) is 5.57 Å². The van der Waals surface area contributed by atoms with Crippen LogP contribution in [0.5, 0.6) is 11.5 Å². The van der Waals surface area contributed by atoms with Gasteiger partial charge in [-0.25, -0.2) is 4.79 Å². The number of carboxylic acid groups (broad SMARTS) is 1. The van der Waals surface area contributed by atoms with Crippen LogP contribution in [0.4, 0.5) is 0 Å². The molecular formula is C14H14O7. The lowest BCUT2D eigenvalue weighted by atomic mass is 10.1. The average molecular weight is 294 g/mol. The summed E-state index contributed by atoms with van der Waals surface area (Å²) in [6, 6.07) is 4.07. The Morgan fingerprint density at radius 2 is 1.76 bits per heavy atom. The summed E-state index contributed by atoms with van der Waals surface area (Å²) in [4.78, 5) is 33.1. The zero-order valence-corrected chi connectivity index (χ0v) is 11.0. The molecule has 0 aromatic heterocycles. The van der Waals surface area contributed by atoms with E-state index in [4.69, 9.17) is 10.2 Å². The molecule has 0 heterocycles. The minimum absolute atomic E-state index is 0.129. The first-order chi connectivity index (χ1) is 9.79. The molecule has 0 atom stereocenters. The number of aryl methyl sites for hydroxylation is 1. The van der Waals surface area contributed by atoms with E-state index in [0.29, 0.717) is 5.56 Å². The summed E-state index contributed by atoms with van der Waals surface area (Å²) in [6.45, 7) is 3.15. The molecule has 0 radical (unpaired) electrons. The standard InChI is InChI=1S/C14H14O7/c1-8(14(19)20)6-13(18)21-12(17)5-3-9-2-4-10(15)11(16)7-9/h2,4,7,15-16H,1,3,5-6H2,(H,19,20). The lowest BCUT2D eigenvalue weighted by Crippen LogP contribution is -2.15. The van der Waals surface area contributed by atoms with E-state index >= 15 is 0 Å². The number of carbonyl (C=O) groups is 3. The van der Waals surface area contributed by atoms with Gasteiger partial charge >= 0.3 is 17.9 Å². The lowest BCUT2D eigenvalue weighted by molar-refractivity contribution is -0.159. The molecule has 0 aliphatic carbocycles. The second kappa shape index (κ2) is 7.09. The maximum atomic E-state index is 11.4. The molecule has 0 unspecified atom stereocenters. The van der Waals surface area contributed by atoms with E-state index in [2.05, 4.69) is 11.3 Å². The van der Waals surface area contributed by atoms with Crippen molar-refractivity contribution >= 4 is 17.9 Å². The average Bonchev–Trinajstić information content (AvgIpc) is 2.39. The van der Waals surface area contributed by atoms with Gasteiger partial charge in [-0.1, -0.05) is 12.6 Å². The van der Waals surface area contributed by atoms with Crippen LogP contribution in [-0.4, -0.2) is 33.2 Å². The van der Waals surface area contributed by atoms with Crippen LogP contribution in [0.3, 0.4) is 0 Å². The number of carbonyl (C=O) groups excluding carboxylic acids is 2. The van der Waals surface area contributed by atoms with Crippen molar-refractivity contribution in [3.8, 4) is 11.5 Å². The van der Waals surface area contributed by atoms with Crippen LogP contribution in [0.1, 0.15) is 18.4 Å². The van der Waals surface area contributed by atoms with Crippen molar-refractivity contribution in [1.29, 1.82) is 0 Å². The Morgan fingerprint density at radius 1 is 1.10 bits per heavy atom. The summed E-state index contributed by atoms with van der Waals surface area (Å²) in [7, 11) is 0. The highest BCUT2D eigenvalue weighted by molar-refractivity contribution is 5.94. The SMILES string of the molecule is C=C(CC(=O)OC(=O)CCc1ccc(O)c(O)c1)C(=O)O. The molecule has 0 aliphatic rings. The predicted molar refractivity (Wildman–Crippen MR) is 70.6 cm³/mol. The van der Waals surface area contributed by atoms with Gasteiger partial charge in [0.2, 0.25) is 0 Å². The molecule has 0 amide bonds. The van der Waals surface area contributed by atoms with Crippen LogP contribution < -0.4 is 0 Å². The molecule has 0 bridgehead atoms. The van der Waals surface area contributed by atoms with Crippen LogP contribution in [-0.2, 0) is 25.5 Å². The summed E-state index contributed by atoms with van der Waals surface area (Å²) in [5.41, 5.74) is 0.209. The van der Waals surface area contributed by atoms with E-state index in [-0.39, 0.29) is 29.9 Å². The number of phenols is 2. The maximum Gasteiger partial charge on any atom is 0.331 e. The molecule has 0 saturated heterocycles. The molecule has 0 spiro atoms. The Balaban J connectivity index is 2.43.